The molecule has 3 aliphatic rings. The molecule has 1 amide bonds. The van der Waals surface area contributed by atoms with Gasteiger partial charge in [-0.15, -0.1) is 0 Å². The zero-order chi connectivity index (χ0) is 14.4. The molecule has 3 atom stereocenters. The number of rotatable bonds is 2. The molecule has 4 nitrogen and oxygen atoms in total. The molecule has 2 saturated carbocycles. The van der Waals surface area contributed by atoms with Crippen LogP contribution in [-0.2, 0) is 4.79 Å². The van der Waals surface area contributed by atoms with Crippen molar-refractivity contribution in [3.8, 4) is 6.07 Å². The maximum absolute atomic E-state index is 11.9. The molecule has 4 rings (SSSR count). The van der Waals surface area contributed by atoms with Crippen molar-refractivity contribution < 1.29 is 4.79 Å². The highest BCUT2D eigenvalue weighted by Gasteiger charge is 2.39. The molecule has 1 heterocycles. The van der Waals surface area contributed by atoms with Crippen LogP contribution in [0.5, 0.6) is 0 Å². The van der Waals surface area contributed by atoms with E-state index in [4.69, 9.17) is 5.26 Å². The van der Waals surface area contributed by atoms with Crippen LogP contribution in [0.25, 0.3) is 0 Å². The maximum atomic E-state index is 11.9. The first-order valence-electron chi connectivity index (χ1n) is 7.85. The molecule has 1 aliphatic heterocycles. The standard InChI is InChI=1S/C17H19N3O/c18-9-10-1-5-15-13(7-10)14-8-12(4-6-16(14)20-15)19-17(21)11-2-3-11/h1,5,7,11-12,14,16,20H,2-4,6,8H2,(H,19,21). The van der Waals surface area contributed by atoms with Crippen LogP contribution < -0.4 is 10.6 Å². The lowest BCUT2D eigenvalue weighted by Crippen LogP contribution is -2.42. The van der Waals surface area contributed by atoms with Crippen molar-refractivity contribution >= 4 is 11.6 Å². The first-order chi connectivity index (χ1) is 10.2. The third kappa shape index (κ3) is 2.27. The fourth-order valence-electron chi connectivity index (χ4n) is 3.75. The first-order valence-corrected chi connectivity index (χ1v) is 7.85. The van der Waals surface area contributed by atoms with E-state index in [0.717, 1.165) is 43.4 Å². The summed E-state index contributed by atoms with van der Waals surface area (Å²) in [6.07, 6.45) is 5.22. The normalized spacial score (nSPS) is 29.8. The number of hydrogen-bond donors (Lipinski definition) is 2. The lowest BCUT2D eigenvalue weighted by molar-refractivity contribution is -0.123. The van der Waals surface area contributed by atoms with E-state index in [2.05, 4.69) is 16.7 Å². The van der Waals surface area contributed by atoms with Gasteiger partial charge in [-0.1, -0.05) is 0 Å². The number of benzene rings is 1. The minimum Gasteiger partial charge on any atom is -0.381 e. The Labute approximate surface area is 124 Å². The summed E-state index contributed by atoms with van der Waals surface area (Å²) in [5, 5.41) is 15.9. The van der Waals surface area contributed by atoms with Gasteiger partial charge in [-0.2, -0.15) is 5.26 Å². The summed E-state index contributed by atoms with van der Waals surface area (Å²) in [5.74, 6) is 0.948. The second-order valence-corrected chi connectivity index (χ2v) is 6.56. The Morgan fingerprint density at radius 1 is 1.29 bits per heavy atom. The number of nitrogens with zero attached hydrogens (tertiary/aromatic N) is 1. The fraction of sp³-hybridized carbons (Fsp3) is 0.529. The Bertz CT molecular complexity index is 629. The van der Waals surface area contributed by atoms with Gasteiger partial charge in [0.25, 0.3) is 0 Å². The third-order valence-electron chi connectivity index (χ3n) is 5.07. The van der Waals surface area contributed by atoms with E-state index < -0.39 is 0 Å². The van der Waals surface area contributed by atoms with Gasteiger partial charge in [0.05, 0.1) is 11.6 Å². The van der Waals surface area contributed by atoms with Gasteiger partial charge in [0, 0.05) is 29.6 Å². The van der Waals surface area contributed by atoms with Gasteiger partial charge in [-0.25, -0.2) is 0 Å². The molecule has 0 aromatic heterocycles. The highest BCUT2D eigenvalue weighted by atomic mass is 16.2. The predicted molar refractivity (Wildman–Crippen MR) is 79.8 cm³/mol. The monoisotopic (exact) mass is 281 g/mol. The molecule has 0 bridgehead atoms. The van der Waals surface area contributed by atoms with E-state index in [-0.39, 0.29) is 17.9 Å². The van der Waals surface area contributed by atoms with Gasteiger partial charge >= 0.3 is 0 Å². The van der Waals surface area contributed by atoms with Gasteiger partial charge in [0.1, 0.15) is 0 Å². The van der Waals surface area contributed by atoms with Crippen molar-refractivity contribution in [2.45, 2.75) is 50.1 Å². The number of nitrogens with one attached hydrogen (secondary N) is 2. The molecule has 0 spiro atoms. The molecular formula is C17H19N3O. The zero-order valence-corrected chi connectivity index (χ0v) is 11.9. The topological polar surface area (TPSA) is 64.9 Å². The number of carbonyl (C=O) groups is 1. The molecule has 2 fully saturated rings. The Morgan fingerprint density at radius 2 is 2.14 bits per heavy atom. The SMILES string of the molecule is N#Cc1ccc2c(c1)C1CC(NC(=O)C3CC3)CCC1N2. The number of hydrogen-bond acceptors (Lipinski definition) is 3. The van der Waals surface area contributed by atoms with Gasteiger partial charge in [0.2, 0.25) is 5.91 Å². The van der Waals surface area contributed by atoms with Crippen LogP contribution in [0.4, 0.5) is 5.69 Å². The second-order valence-electron chi connectivity index (χ2n) is 6.56. The molecule has 1 aromatic rings. The second kappa shape index (κ2) is 4.77. The average molecular weight is 281 g/mol. The Kier molecular flexibility index (Phi) is 2.88. The number of carbonyl (C=O) groups excluding carboxylic acids is 1. The van der Waals surface area contributed by atoms with Crippen molar-refractivity contribution in [2.75, 3.05) is 5.32 Å². The highest BCUT2D eigenvalue weighted by molar-refractivity contribution is 5.81. The molecule has 0 radical (unpaired) electrons. The van der Waals surface area contributed by atoms with Crippen LogP contribution in [0, 0.1) is 17.2 Å². The molecule has 1 aromatic carbocycles. The lowest BCUT2D eigenvalue weighted by Gasteiger charge is -2.32. The van der Waals surface area contributed by atoms with E-state index in [1.807, 2.05) is 18.2 Å². The number of nitriles is 1. The molecular weight excluding hydrogens is 262 g/mol. The largest absolute Gasteiger partial charge is 0.381 e. The summed E-state index contributed by atoms with van der Waals surface area (Å²) in [5.41, 5.74) is 3.14. The highest BCUT2D eigenvalue weighted by Crippen LogP contribution is 2.44. The average Bonchev–Trinajstić information content (AvgIpc) is 3.29. The number of fused-ring (bicyclic) bond motifs is 3. The van der Waals surface area contributed by atoms with Crippen molar-refractivity contribution in [3.05, 3.63) is 29.3 Å². The van der Waals surface area contributed by atoms with Gasteiger partial charge in [-0.3, -0.25) is 4.79 Å². The molecule has 3 unspecified atom stereocenters. The minimum atomic E-state index is 0.246. The summed E-state index contributed by atoms with van der Waals surface area (Å²) in [6.45, 7) is 0. The van der Waals surface area contributed by atoms with Gasteiger partial charge in [0.15, 0.2) is 0 Å². The maximum Gasteiger partial charge on any atom is 0.223 e. The molecule has 2 N–H and O–H groups in total. The van der Waals surface area contributed by atoms with E-state index >= 15 is 0 Å². The summed E-state index contributed by atoms with van der Waals surface area (Å²) in [7, 11) is 0. The van der Waals surface area contributed by atoms with E-state index in [0.29, 0.717) is 12.0 Å². The van der Waals surface area contributed by atoms with E-state index in [1.165, 1.54) is 5.56 Å². The number of anilines is 1. The van der Waals surface area contributed by atoms with Gasteiger partial charge < -0.3 is 10.6 Å². The quantitative estimate of drug-likeness (QED) is 0.875. The van der Waals surface area contributed by atoms with Crippen LogP contribution in [0.3, 0.4) is 0 Å². The van der Waals surface area contributed by atoms with Gasteiger partial charge in [-0.05, 0) is 55.9 Å². The van der Waals surface area contributed by atoms with Crippen LogP contribution in [0.2, 0.25) is 0 Å². The summed E-state index contributed by atoms with van der Waals surface area (Å²) < 4.78 is 0. The van der Waals surface area contributed by atoms with E-state index in [1.54, 1.807) is 0 Å². The predicted octanol–water partition coefficient (Wildman–Crippen LogP) is 2.51. The van der Waals surface area contributed by atoms with Crippen molar-refractivity contribution in [1.82, 2.24) is 5.32 Å². The third-order valence-corrected chi connectivity index (χ3v) is 5.07. The summed E-state index contributed by atoms with van der Waals surface area (Å²) in [6, 6.07) is 8.87. The molecule has 2 aliphatic carbocycles. The minimum absolute atomic E-state index is 0.246. The Morgan fingerprint density at radius 3 is 2.90 bits per heavy atom. The number of amides is 1. The lowest BCUT2D eigenvalue weighted by atomic mass is 9.79. The van der Waals surface area contributed by atoms with Crippen LogP contribution in [0.15, 0.2) is 18.2 Å². The molecule has 21 heavy (non-hydrogen) atoms. The first kappa shape index (κ1) is 12.7. The summed E-state index contributed by atoms with van der Waals surface area (Å²) in [4.78, 5) is 11.9. The van der Waals surface area contributed by atoms with Crippen molar-refractivity contribution in [1.29, 1.82) is 5.26 Å². The smallest absolute Gasteiger partial charge is 0.223 e. The van der Waals surface area contributed by atoms with Crippen LogP contribution >= 0.6 is 0 Å². The van der Waals surface area contributed by atoms with Crippen molar-refractivity contribution in [2.24, 2.45) is 5.92 Å². The zero-order valence-electron chi connectivity index (χ0n) is 11.9. The molecule has 108 valence electrons. The van der Waals surface area contributed by atoms with E-state index in [9.17, 15) is 4.79 Å². The fourth-order valence-corrected chi connectivity index (χ4v) is 3.75. The van der Waals surface area contributed by atoms with Crippen LogP contribution in [0.1, 0.15) is 49.1 Å². The Balaban J connectivity index is 1.52. The Hall–Kier alpha value is -2.02. The summed E-state index contributed by atoms with van der Waals surface area (Å²) >= 11 is 0. The molecule has 0 saturated heterocycles. The van der Waals surface area contributed by atoms with Crippen molar-refractivity contribution in [3.63, 3.8) is 0 Å². The van der Waals surface area contributed by atoms with Crippen LogP contribution in [-0.4, -0.2) is 18.0 Å². The molecule has 4 heteroatoms.